The van der Waals surface area contributed by atoms with E-state index in [1.54, 1.807) is 0 Å². The maximum atomic E-state index is 6.29. The maximum absolute atomic E-state index is 6.29. The second-order valence-corrected chi connectivity index (χ2v) is 5.38. The number of hydrogen-bond donors (Lipinski definition) is 1. The molecule has 0 fully saturated rings. The molecule has 2 heterocycles. The smallest absolute Gasteiger partial charge is 0.129 e. The molecule has 0 amide bonds. The van der Waals surface area contributed by atoms with Crippen LogP contribution in [0.4, 0.5) is 0 Å². The minimum Gasteiger partial charge on any atom is -0.281 e. The first-order valence-corrected chi connectivity index (χ1v) is 7.09. The molecule has 0 aliphatic carbocycles. The molecule has 0 bridgehead atoms. The van der Waals surface area contributed by atoms with Crippen LogP contribution in [0.25, 0.3) is 22.3 Å². The van der Waals surface area contributed by atoms with Crippen LogP contribution in [0, 0.1) is 13.8 Å². The van der Waals surface area contributed by atoms with Gasteiger partial charge in [-0.2, -0.15) is 5.10 Å². The molecule has 0 spiro atoms. The van der Waals surface area contributed by atoms with E-state index in [4.69, 9.17) is 16.6 Å². The van der Waals surface area contributed by atoms with E-state index in [-0.39, 0.29) is 0 Å². The molecule has 3 aromatic rings. The number of fused-ring (bicyclic) bond motifs is 1. The summed E-state index contributed by atoms with van der Waals surface area (Å²) < 4.78 is 0. The second kappa shape index (κ2) is 4.91. The Morgan fingerprint density at radius 3 is 2.70 bits per heavy atom. The van der Waals surface area contributed by atoms with Gasteiger partial charge in [-0.25, -0.2) is 4.98 Å². The van der Waals surface area contributed by atoms with E-state index >= 15 is 0 Å². The first-order chi connectivity index (χ1) is 9.61. The standard InChI is InChI=1S/C16H16ClN3/c1-4-11-6-5-7-12-9(2)8-13(18-15(11)12)16-14(17)10(3)19-20-16/h5-8H,4H2,1-3H3,(H,19,20). The Morgan fingerprint density at radius 2 is 2.05 bits per heavy atom. The minimum absolute atomic E-state index is 0.644. The molecule has 0 saturated heterocycles. The molecule has 3 rings (SSSR count). The summed E-state index contributed by atoms with van der Waals surface area (Å²) in [5.41, 5.74) is 5.89. The summed E-state index contributed by atoms with van der Waals surface area (Å²) in [7, 11) is 0. The molecular formula is C16H16ClN3. The first kappa shape index (κ1) is 13.1. The molecule has 0 aliphatic heterocycles. The van der Waals surface area contributed by atoms with Crippen molar-refractivity contribution in [3.8, 4) is 11.4 Å². The summed E-state index contributed by atoms with van der Waals surface area (Å²) in [6.07, 6.45) is 0.959. The Labute approximate surface area is 123 Å². The van der Waals surface area contributed by atoms with Crippen molar-refractivity contribution in [3.63, 3.8) is 0 Å². The minimum atomic E-state index is 0.644. The van der Waals surface area contributed by atoms with Gasteiger partial charge in [-0.1, -0.05) is 36.7 Å². The van der Waals surface area contributed by atoms with Crippen molar-refractivity contribution in [1.29, 1.82) is 0 Å². The highest BCUT2D eigenvalue weighted by Gasteiger charge is 2.14. The Morgan fingerprint density at radius 1 is 1.25 bits per heavy atom. The highest BCUT2D eigenvalue weighted by atomic mass is 35.5. The fourth-order valence-corrected chi connectivity index (χ4v) is 2.65. The highest BCUT2D eigenvalue weighted by molar-refractivity contribution is 6.33. The summed E-state index contributed by atoms with van der Waals surface area (Å²) in [6, 6.07) is 8.36. The molecule has 2 aromatic heterocycles. The fraction of sp³-hybridized carbons (Fsp3) is 0.250. The molecule has 3 nitrogen and oxygen atoms in total. The van der Waals surface area contributed by atoms with Gasteiger partial charge >= 0.3 is 0 Å². The van der Waals surface area contributed by atoms with Crippen molar-refractivity contribution in [3.05, 3.63) is 46.1 Å². The lowest BCUT2D eigenvalue weighted by molar-refractivity contribution is 1.05. The normalized spacial score (nSPS) is 11.2. The summed E-state index contributed by atoms with van der Waals surface area (Å²) in [5, 5.41) is 9.01. The van der Waals surface area contributed by atoms with E-state index in [0.29, 0.717) is 5.02 Å². The quantitative estimate of drug-likeness (QED) is 0.755. The fourth-order valence-electron chi connectivity index (χ4n) is 2.47. The average molecular weight is 286 g/mol. The summed E-state index contributed by atoms with van der Waals surface area (Å²) in [6.45, 7) is 6.15. The Balaban J connectivity index is 2.31. The van der Waals surface area contributed by atoms with Gasteiger partial charge in [0.15, 0.2) is 0 Å². The van der Waals surface area contributed by atoms with E-state index in [0.717, 1.165) is 29.0 Å². The number of pyridine rings is 1. The van der Waals surface area contributed by atoms with Gasteiger partial charge in [0.25, 0.3) is 0 Å². The van der Waals surface area contributed by atoms with Crippen molar-refractivity contribution in [2.24, 2.45) is 0 Å². The third kappa shape index (κ3) is 1.98. The lowest BCUT2D eigenvalue weighted by Crippen LogP contribution is -1.93. The SMILES string of the molecule is CCc1cccc2c(C)cc(-c3n[nH]c(C)c3Cl)nc12. The zero-order chi connectivity index (χ0) is 14.3. The first-order valence-electron chi connectivity index (χ1n) is 6.72. The number of H-pyrrole nitrogens is 1. The zero-order valence-electron chi connectivity index (χ0n) is 11.8. The van der Waals surface area contributed by atoms with E-state index in [9.17, 15) is 0 Å². The van der Waals surface area contributed by atoms with Gasteiger partial charge in [0.2, 0.25) is 0 Å². The van der Waals surface area contributed by atoms with E-state index < -0.39 is 0 Å². The summed E-state index contributed by atoms with van der Waals surface area (Å²) >= 11 is 6.29. The van der Waals surface area contributed by atoms with Crippen molar-refractivity contribution in [2.75, 3.05) is 0 Å². The van der Waals surface area contributed by atoms with Gasteiger partial charge in [-0.05, 0) is 37.5 Å². The lowest BCUT2D eigenvalue weighted by atomic mass is 10.0. The molecule has 102 valence electrons. The molecule has 1 N–H and O–H groups in total. The number of aryl methyl sites for hydroxylation is 3. The van der Waals surface area contributed by atoms with Crippen molar-refractivity contribution >= 4 is 22.5 Å². The third-order valence-electron chi connectivity index (χ3n) is 3.63. The number of rotatable bonds is 2. The van der Waals surface area contributed by atoms with Crippen LogP contribution in [0.2, 0.25) is 5.02 Å². The van der Waals surface area contributed by atoms with Crippen molar-refractivity contribution in [2.45, 2.75) is 27.2 Å². The monoisotopic (exact) mass is 285 g/mol. The van der Waals surface area contributed by atoms with Gasteiger partial charge in [0, 0.05) is 5.39 Å². The number of benzene rings is 1. The molecule has 4 heteroatoms. The maximum Gasteiger partial charge on any atom is 0.129 e. The van der Waals surface area contributed by atoms with Crippen LogP contribution >= 0.6 is 11.6 Å². The van der Waals surface area contributed by atoms with E-state index in [1.807, 2.05) is 13.0 Å². The Hall–Kier alpha value is -1.87. The number of aromatic nitrogens is 3. The Kier molecular flexibility index (Phi) is 3.22. The number of nitrogens with one attached hydrogen (secondary N) is 1. The van der Waals surface area contributed by atoms with Gasteiger partial charge in [0.05, 0.1) is 21.9 Å². The molecule has 20 heavy (non-hydrogen) atoms. The van der Waals surface area contributed by atoms with Crippen LogP contribution in [-0.4, -0.2) is 15.2 Å². The zero-order valence-corrected chi connectivity index (χ0v) is 12.5. The summed E-state index contributed by atoms with van der Waals surface area (Å²) in [5.74, 6) is 0. The van der Waals surface area contributed by atoms with Crippen LogP contribution in [0.1, 0.15) is 23.7 Å². The van der Waals surface area contributed by atoms with Gasteiger partial charge in [0.1, 0.15) is 5.69 Å². The molecule has 0 radical (unpaired) electrons. The Bertz CT molecular complexity index is 790. The number of aromatic amines is 1. The van der Waals surface area contributed by atoms with Crippen LogP contribution in [-0.2, 0) is 6.42 Å². The number of para-hydroxylation sites is 1. The van der Waals surface area contributed by atoms with E-state index in [1.165, 1.54) is 16.5 Å². The molecular weight excluding hydrogens is 270 g/mol. The topological polar surface area (TPSA) is 41.6 Å². The lowest BCUT2D eigenvalue weighted by Gasteiger charge is -2.08. The number of nitrogens with zero attached hydrogens (tertiary/aromatic N) is 2. The number of hydrogen-bond acceptors (Lipinski definition) is 2. The second-order valence-electron chi connectivity index (χ2n) is 5.00. The largest absolute Gasteiger partial charge is 0.281 e. The molecule has 1 aromatic carbocycles. The van der Waals surface area contributed by atoms with Gasteiger partial charge < -0.3 is 0 Å². The third-order valence-corrected chi connectivity index (χ3v) is 4.09. The van der Waals surface area contributed by atoms with Gasteiger partial charge in [-0.15, -0.1) is 0 Å². The predicted octanol–water partition coefficient (Wildman–Crippen LogP) is 4.46. The van der Waals surface area contributed by atoms with E-state index in [2.05, 4.69) is 42.2 Å². The van der Waals surface area contributed by atoms with Crippen molar-refractivity contribution in [1.82, 2.24) is 15.2 Å². The predicted molar refractivity (Wildman–Crippen MR) is 83.2 cm³/mol. The summed E-state index contributed by atoms with van der Waals surface area (Å²) in [4.78, 5) is 4.78. The van der Waals surface area contributed by atoms with Crippen LogP contribution in [0.5, 0.6) is 0 Å². The molecule has 0 unspecified atom stereocenters. The highest BCUT2D eigenvalue weighted by Crippen LogP contribution is 2.30. The number of halogens is 1. The van der Waals surface area contributed by atoms with Crippen LogP contribution in [0.3, 0.4) is 0 Å². The molecule has 0 atom stereocenters. The average Bonchev–Trinajstić information content (AvgIpc) is 2.78. The van der Waals surface area contributed by atoms with Gasteiger partial charge in [-0.3, -0.25) is 5.10 Å². The van der Waals surface area contributed by atoms with Crippen LogP contribution < -0.4 is 0 Å². The molecule has 0 aliphatic rings. The van der Waals surface area contributed by atoms with Crippen LogP contribution in [0.15, 0.2) is 24.3 Å². The van der Waals surface area contributed by atoms with Crippen molar-refractivity contribution < 1.29 is 0 Å². The molecule has 0 saturated carbocycles.